The second-order valence-electron chi connectivity index (χ2n) is 11.8. The number of benzene rings is 1. The molecule has 0 heterocycles. The van der Waals surface area contributed by atoms with Crippen LogP contribution in [0.4, 0.5) is 0 Å². The molecule has 0 radical (unpaired) electrons. The first-order valence-electron chi connectivity index (χ1n) is 13.2. The minimum Gasteiger partial charge on any atom is -0.498 e. The largest absolute Gasteiger partial charge is 0.498 e. The van der Waals surface area contributed by atoms with Gasteiger partial charge in [-0.15, -0.1) is 5.54 Å². The molecule has 0 amide bonds. The first-order chi connectivity index (χ1) is 16.2. The zero-order valence-corrected chi connectivity index (χ0v) is 22.4. The van der Waals surface area contributed by atoms with Gasteiger partial charge in [0.25, 0.3) is 0 Å². The van der Waals surface area contributed by atoms with Crippen LogP contribution >= 0.6 is 0 Å². The molecule has 2 nitrogen and oxygen atoms in total. The lowest BCUT2D eigenvalue weighted by Crippen LogP contribution is -2.52. The van der Waals surface area contributed by atoms with E-state index in [0.717, 1.165) is 43.6 Å². The lowest BCUT2D eigenvalue weighted by atomic mass is 9.51. The standard InChI is InChI=1S/C31H40O2Si/c1-6-33-24-13-15-26-23(21-24)12-14-28-27(26)16-17-30(3)29(28)20-22(2)31(30,32)18-19-34(4,5)25-10-8-7-9-11-25/h7-12,21,26-29,32H,2,6,13-17,20H2,1,3-5H3/t26-,27+,28+,29-,30-,31-/m0/s1. The van der Waals surface area contributed by atoms with E-state index in [9.17, 15) is 5.11 Å². The lowest BCUT2D eigenvalue weighted by molar-refractivity contribution is -0.0717. The predicted octanol–water partition coefficient (Wildman–Crippen LogP) is 6.14. The fourth-order valence-electron chi connectivity index (χ4n) is 7.60. The molecule has 0 bridgehead atoms. The number of hydrogen-bond donors (Lipinski definition) is 1. The Kier molecular flexibility index (Phi) is 5.98. The molecule has 5 rings (SSSR count). The third-order valence-corrected chi connectivity index (χ3v) is 12.2. The maximum Gasteiger partial charge on any atom is 0.162 e. The molecule has 0 saturated heterocycles. The molecule has 1 aromatic rings. The second kappa shape index (κ2) is 8.57. The van der Waals surface area contributed by atoms with Crippen molar-refractivity contribution in [3.8, 4) is 11.5 Å². The number of hydrogen-bond acceptors (Lipinski definition) is 2. The third-order valence-electron chi connectivity index (χ3n) is 9.67. The summed E-state index contributed by atoms with van der Waals surface area (Å²) in [4.78, 5) is 0. The molecule has 1 N–H and O–H groups in total. The molecular weight excluding hydrogens is 432 g/mol. The van der Waals surface area contributed by atoms with Crippen LogP contribution in [0.25, 0.3) is 0 Å². The van der Waals surface area contributed by atoms with Gasteiger partial charge in [-0.3, -0.25) is 0 Å². The highest BCUT2D eigenvalue weighted by Gasteiger charge is 2.63. The lowest BCUT2D eigenvalue weighted by Gasteiger charge is -2.53. The van der Waals surface area contributed by atoms with Gasteiger partial charge in [0.2, 0.25) is 0 Å². The first kappa shape index (κ1) is 23.7. The molecule has 1 aromatic carbocycles. The molecule has 2 saturated carbocycles. The van der Waals surface area contributed by atoms with Crippen LogP contribution in [0.5, 0.6) is 0 Å². The summed E-state index contributed by atoms with van der Waals surface area (Å²) < 4.78 is 5.84. The van der Waals surface area contributed by atoms with E-state index in [0.29, 0.717) is 23.7 Å². The summed E-state index contributed by atoms with van der Waals surface area (Å²) in [5.74, 6) is 7.06. The zero-order valence-electron chi connectivity index (χ0n) is 21.4. The molecule has 4 aliphatic rings. The van der Waals surface area contributed by atoms with Gasteiger partial charge in [0, 0.05) is 11.8 Å². The van der Waals surface area contributed by atoms with Gasteiger partial charge in [0.15, 0.2) is 13.7 Å². The molecular formula is C31H40O2Si. The molecule has 4 aliphatic carbocycles. The second-order valence-corrected chi connectivity index (χ2v) is 15.9. The van der Waals surface area contributed by atoms with Crippen LogP contribution in [-0.2, 0) is 4.74 Å². The van der Waals surface area contributed by atoms with Crippen molar-refractivity contribution in [3.63, 3.8) is 0 Å². The van der Waals surface area contributed by atoms with Crippen molar-refractivity contribution < 1.29 is 9.84 Å². The predicted molar refractivity (Wildman–Crippen MR) is 143 cm³/mol. The van der Waals surface area contributed by atoms with E-state index in [4.69, 9.17) is 4.74 Å². The van der Waals surface area contributed by atoms with Crippen LogP contribution < -0.4 is 5.19 Å². The van der Waals surface area contributed by atoms with Crippen molar-refractivity contribution in [1.82, 2.24) is 0 Å². The van der Waals surface area contributed by atoms with Crippen molar-refractivity contribution in [2.45, 2.75) is 71.1 Å². The Morgan fingerprint density at radius 2 is 1.94 bits per heavy atom. The summed E-state index contributed by atoms with van der Waals surface area (Å²) in [6.45, 7) is 14.1. The first-order valence-corrected chi connectivity index (χ1v) is 16.2. The maximum absolute atomic E-state index is 12.1. The van der Waals surface area contributed by atoms with Gasteiger partial charge in [-0.1, -0.05) is 68.9 Å². The monoisotopic (exact) mass is 472 g/mol. The number of fused-ring (bicyclic) bond motifs is 5. The van der Waals surface area contributed by atoms with Crippen molar-refractivity contribution in [2.24, 2.45) is 29.1 Å². The summed E-state index contributed by atoms with van der Waals surface area (Å²) in [6.07, 6.45) is 11.3. The van der Waals surface area contributed by atoms with Crippen LogP contribution in [0.1, 0.15) is 52.4 Å². The van der Waals surface area contributed by atoms with Gasteiger partial charge >= 0.3 is 0 Å². The van der Waals surface area contributed by atoms with Crippen molar-refractivity contribution in [3.05, 3.63) is 66.0 Å². The van der Waals surface area contributed by atoms with E-state index < -0.39 is 13.7 Å². The molecule has 3 heteroatoms. The molecule has 34 heavy (non-hydrogen) atoms. The van der Waals surface area contributed by atoms with Crippen molar-refractivity contribution >= 4 is 13.3 Å². The summed E-state index contributed by atoms with van der Waals surface area (Å²) in [5, 5.41) is 13.5. The molecule has 0 aliphatic heterocycles. The van der Waals surface area contributed by atoms with Gasteiger partial charge in [-0.25, -0.2) is 0 Å². The number of rotatable bonds is 3. The Bertz CT molecular complexity index is 1090. The summed E-state index contributed by atoms with van der Waals surface area (Å²) >= 11 is 0. The SMILES string of the molecule is C=C1C[C@H]2[C@@H]3CC=C4C=C(OCC)CC[C@@H]4[C@H]3CC[C@]2(C)[C@]1(O)C#C[Si](C)(C)c1ccccc1. The van der Waals surface area contributed by atoms with Gasteiger partial charge in [-0.2, -0.15) is 0 Å². The highest BCUT2D eigenvalue weighted by Crippen LogP contribution is 2.65. The molecule has 0 aromatic heterocycles. The van der Waals surface area contributed by atoms with E-state index in [1.807, 2.05) is 0 Å². The van der Waals surface area contributed by atoms with Crippen LogP contribution in [0.3, 0.4) is 0 Å². The minimum atomic E-state index is -1.97. The average Bonchev–Trinajstić information content (AvgIpc) is 3.04. The normalized spacial score (nSPS) is 36.8. The van der Waals surface area contributed by atoms with Gasteiger partial charge in [0.05, 0.1) is 12.4 Å². The van der Waals surface area contributed by atoms with E-state index in [1.165, 1.54) is 23.6 Å². The zero-order chi connectivity index (χ0) is 24.1. The summed E-state index contributed by atoms with van der Waals surface area (Å²) in [5.41, 5.74) is 4.77. The Labute approximate surface area is 207 Å². The van der Waals surface area contributed by atoms with Gasteiger partial charge in [0.1, 0.15) is 0 Å². The highest BCUT2D eigenvalue weighted by molar-refractivity contribution is 6.96. The maximum atomic E-state index is 12.1. The summed E-state index contributed by atoms with van der Waals surface area (Å²) in [6, 6.07) is 10.6. The quantitative estimate of drug-likeness (QED) is 0.325. The molecule has 2 fully saturated rings. The molecule has 0 unspecified atom stereocenters. The number of aliphatic hydroxyl groups is 1. The Balaban J connectivity index is 1.44. The Hall–Kier alpha value is -2.02. The average molecular weight is 473 g/mol. The van der Waals surface area contributed by atoms with E-state index in [2.05, 4.69) is 87.5 Å². The minimum absolute atomic E-state index is 0.217. The van der Waals surface area contributed by atoms with Crippen LogP contribution in [-0.4, -0.2) is 25.4 Å². The number of allylic oxidation sites excluding steroid dienone is 4. The van der Waals surface area contributed by atoms with Crippen molar-refractivity contribution in [1.29, 1.82) is 0 Å². The van der Waals surface area contributed by atoms with Crippen molar-refractivity contribution in [2.75, 3.05) is 6.61 Å². The van der Waals surface area contributed by atoms with E-state index >= 15 is 0 Å². The van der Waals surface area contributed by atoms with Gasteiger partial charge < -0.3 is 9.84 Å². The summed E-state index contributed by atoms with van der Waals surface area (Å²) in [7, 11) is -1.97. The third kappa shape index (κ3) is 3.66. The smallest absolute Gasteiger partial charge is 0.162 e. The number of ether oxygens (including phenoxy) is 1. The topological polar surface area (TPSA) is 29.5 Å². The van der Waals surface area contributed by atoms with Crippen LogP contribution in [0.15, 0.2) is 66.0 Å². The fourth-order valence-corrected chi connectivity index (χ4v) is 9.26. The fraction of sp³-hybridized carbons (Fsp3) is 0.548. The molecule has 6 atom stereocenters. The van der Waals surface area contributed by atoms with Crippen LogP contribution in [0.2, 0.25) is 13.1 Å². The van der Waals surface area contributed by atoms with Crippen LogP contribution in [0, 0.1) is 40.6 Å². The Morgan fingerprint density at radius 1 is 1.18 bits per heavy atom. The van der Waals surface area contributed by atoms with E-state index in [1.54, 1.807) is 0 Å². The highest BCUT2D eigenvalue weighted by atomic mass is 28.3. The Morgan fingerprint density at radius 3 is 2.68 bits per heavy atom. The van der Waals surface area contributed by atoms with Gasteiger partial charge in [-0.05, 0) is 85.1 Å². The molecule has 180 valence electrons. The van der Waals surface area contributed by atoms with E-state index in [-0.39, 0.29) is 5.41 Å². The molecule has 0 spiro atoms.